The van der Waals surface area contributed by atoms with Gasteiger partial charge < -0.3 is 58.0 Å². The number of hydrogen-bond acceptors (Lipinski definition) is 14. The molecule has 46 heavy (non-hydrogen) atoms. The average molecular weight is 657 g/mol. The molecular formula is C32H32O13S. The molecule has 0 radical (unpaired) electrons. The molecule has 3 N–H and O–H groups in total. The van der Waals surface area contributed by atoms with Crippen molar-refractivity contribution >= 4 is 17.3 Å². The highest BCUT2D eigenvalue weighted by Gasteiger charge is 2.52. The van der Waals surface area contributed by atoms with E-state index in [1.54, 1.807) is 12.1 Å². The Morgan fingerprint density at radius 1 is 0.978 bits per heavy atom. The Balaban J connectivity index is 1.17. The third kappa shape index (κ3) is 4.66. The predicted molar refractivity (Wildman–Crippen MR) is 156 cm³/mol. The molecule has 2 aromatic carbocycles. The molecule has 4 aliphatic heterocycles. The van der Waals surface area contributed by atoms with Crippen LogP contribution in [0.15, 0.2) is 35.7 Å². The fraction of sp³-hybridized carbons (Fsp3) is 0.469. The zero-order valence-electron chi connectivity index (χ0n) is 24.8. The van der Waals surface area contributed by atoms with Gasteiger partial charge in [0.1, 0.15) is 24.4 Å². The second kappa shape index (κ2) is 11.5. The lowest BCUT2D eigenvalue weighted by molar-refractivity contribution is -0.349. The quantitative estimate of drug-likeness (QED) is 0.333. The fourth-order valence-corrected chi connectivity index (χ4v) is 7.86. The van der Waals surface area contributed by atoms with Crippen LogP contribution in [0.2, 0.25) is 0 Å². The smallest absolute Gasteiger partial charge is 0.310 e. The number of aliphatic hydroxyl groups excluding tert-OH is 2. The van der Waals surface area contributed by atoms with Gasteiger partial charge in [-0.3, -0.25) is 4.79 Å². The van der Waals surface area contributed by atoms with Crippen LogP contribution in [0.3, 0.4) is 0 Å². The highest BCUT2D eigenvalue weighted by molar-refractivity contribution is 7.10. The molecule has 5 heterocycles. The third-order valence-electron chi connectivity index (χ3n) is 9.34. The second-order valence-corrected chi connectivity index (χ2v) is 12.8. The van der Waals surface area contributed by atoms with Gasteiger partial charge in [-0.25, -0.2) is 0 Å². The molecule has 0 saturated carbocycles. The van der Waals surface area contributed by atoms with Crippen molar-refractivity contribution in [2.75, 3.05) is 34.2 Å². The number of aliphatic hydroxyl groups is 2. The monoisotopic (exact) mass is 656 g/mol. The average Bonchev–Trinajstić information content (AvgIpc) is 3.85. The Morgan fingerprint density at radius 3 is 2.52 bits per heavy atom. The molecule has 0 amide bonds. The zero-order chi connectivity index (χ0) is 31.7. The lowest BCUT2D eigenvalue weighted by atomic mass is 9.67. The maximum Gasteiger partial charge on any atom is 0.310 e. The van der Waals surface area contributed by atoms with E-state index in [0.29, 0.717) is 34.6 Å². The molecule has 8 rings (SSSR count). The standard InChI is InChI=1S/C32H32O13S/c1-37-17-7-13(8-18(38-2)24(17)33)22-15-9-19-29(42-12-41-19)27(16(15)6-14-10-39-30(36)23(14)22)44-32-26(35)25(34)28-20(43-32)11-40-31(45-28)21-4-3-5-46-21/h3-5,7-9,14,20,22-23,25-26,28,31-35H,6,10-12H2,1-2H3/t14-,20+,22+,23-,25+,26+,28+,31?,32-/m0/s1. The molecule has 244 valence electrons. The van der Waals surface area contributed by atoms with Gasteiger partial charge in [0.05, 0.1) is 38.2 Å². The van der Waals surface area contributed by atoms with E-state index in [4.69, 9.17) is 42.6 Å². The number of fused-ring (bicyclic) bond motifs is 4. The summed E-state index contributed by atoms with van der Waals surface area (Å²) in [5.41, 5.74) is 2.07. The van der Waals surface area contributed by atoms with Gasteiger partial charge in [-0.05, 0) is 47.2 Å². The number of aromatic hydroxyl groups is 1. The Morgan fingerprint density at radius 2 is 1.78 bits per heavy atom. The number of hydrogen-bond donors (Lipinski definition) is 3. The number of ether oxygens (including phenoxy) is 9. The van der Waals surface area contributed by atoms with E-state index >= 15 is 0 Å². The number of cyclic esters (lactones) is 1. The third-order valence-corrected chi connectivity index (χ3v) is 10.2. The van der Waals surface area contributed by atoms with Gasteiger partial charge in [0.2, 0.25) is 24.6 Å². The number of carbonyl (C=O) groups is 1. The summed E-state index contributed by atoms with van der Waals surface area (Å²) < 4.78 is 52.6. The fourth-order valence-electron chi connectivity index (χ4n) is 7.15. The van der Waals surface area contributed by atoms with Gasteiger partial charge in [-0.1, -0.05) is 6.07 Å². The van der Waals surface area contributed by atoms with E-state index in [0.717, 1.165) is 4.88 Å². The van der Waals surface area contributed by atoms with Crippen LogP contribution < -0.4 is 23.7 Å². The minimum absolute atomic E-state index is 0.0673. The number of benzene rings is 2. The molecule has 3 saturated heterocycles. The van der Waals surface area contributed by atoms with E-state index < -0.39 is 48.8 Å². The SMILES string of the molecule is COc1cc([C@@H]2c3cc4c(c(O[C@@H]5O[C@@H]6COC(c7cccs7)O[C@H]6[C@H](O)[C@H]5O)c3C[C@H]3COC(=O)[C@@H]32)OCO4)cc(OC)c1O. The predicted octanol–water partition coefficient (Wildman–Crippen LogP) is 2.62. The summed E-state index contributed by atoms with van der Waals surface area (Å²) >= 11 is 1.47. The van der Waals surface area contributed by atoms with Crippen LogP contribution in [0, 0.1) is 11.8 Å². The summed E-state index contributed by atoms with van der Waals surface area (Å²) in [6, 6.07) is 8.91. The molecule has 1 unspecified atom stereocenters. The lowest BCUT2D eigenvalue weighted by Gasteiger charge is -2.46. The molecular weight excluding hydrogens is 624 g/mol. The van der Waals surface area contributed by atoms with Crippen LogP contribution >= 0.6 is 11.3 Å². The minimum atomic E-state index is -1.48. The summed E-state index contributed by atoms with van der Waals surface area (Å²) in [6.45, 7) is 0.240. The van der Waals surface area contributed by atoms with Gasteiger partial charge in [0, 0.05) is 17.4 Å². The van der Waals surface area contributed by atoms with E-state index in [9.17, 15) is 20.1 Å². The first-order valence-electron chi connectivity index (χ1n) is 14.9. The van der Waals surface area contributed by atoms with E-state index in [1.165, 1.54) is 25.6 Å². The van der Waals surface area contributed by atoms with Gasteiger partial charge in [-0.15, -0.1) is 11.3 Å². The normalized spacial score (nSPS) is 32.6. The number of methoxy groups -OCH3 is 2. The number of phenolic OH excluding ortho intramolecular Hbond substituents is 1. The van der Waals surface area contributed by atoms with Gasteiger partial charge >= 0.3 is 5.97 Å². The summed E-state index contributed by atoms with van der Waals surface area (Å²) in [6.07, 6.45) is -5.99. The number of carbonyl (C=O) groups excluding carboxylic acids is 1. The molecule has 5 aliphatic rings. The highest BCUT2D eigenvalue weighted by atomic mass is 32.1. The molecule has 0 bridgehead atoms. The van der Waals surface area contributed by atoms with Gasteiger partial charge in [-0.2, -0.15) is 0 Å². The molecule has 3 fully saturated rings. The second-order valence-electron chi connectivity index (χ2n) is 11.8. The highest BCUT2D eigenvalue weighted by Crippen LogP contribution is 2.56. The van der Waals surface area contributed by atoms with Crippen molar-refractivity contribution in [3.8, 4) is 34.5 Å². The van der Waals surface area contributed by atoms with Crippen molar-refractivity contribution in [3.63, 3.8) is 0 Å². The Bertz CT molecular complexity index is 1620. The van der Waals surface area contributed by atoms with E-state index in [-0.39, 0.29) is 54.9 Å². The van der Waals surface area contributed by atoms with Crippen molar-refractivity contribution < 1.29 is 62.7 Å². The topological polar surface area (TPSA) is 161 Å². The summed E-state index contributed by atoms with van der Waals surface area (Å²) in [7, 11) is 2.87. The largest absolute Gasteiger partial charge is 0.502 e. The van der Waals surface area contributed by atoms with Crippen molar-refractivity contribution in [1.82, 2.24) is 0 Å². The summed E-state index contributed by atoms with van der Waals surface area (Å²) in [5.74, 6) is -0.500. The zero-order valence-corrected chi connectivity index (χ0v) is 25.6. The summed E-state index contributed by atoms with van der Waals surface area (Å²) in [4.78, 5) is 14.0. The van der Waals surface area contributed by atoms with Crippen molar-refractivity contribution in [2.45, 2.75) is 49.3 Å². The number of esters is 1. The molecule has 3 aromatic rings. The summed E-state index contributed by atoms with van der Waals surface area (Å²) in [5, 5.41) is 35.0. The van der Waals surface area contributed by atoms with Gasteiger partial charge in [0.15, 0.2) is 29.3 Å². The molecule has 1 aromatic heterocycles. The number of rotatable bonds is 6. The molecule has 0 spiro atoms. The maximum atomic E-state index is 13.2. The van der Waals surface area contributed by atoms with Crippen LogP contribution in [0.25, 0.3) is 0 Å². The molecule has 1 aliphatic carbocycles. The maximum absolute atomic E-state index is 13.2. The van der Waals surface area contributed by atoms with E-state index in [1.807, 2.05) is 23.6 Å². The molecule has 9 atom stereocenters. The van der Waals surface area contributed by atoms with Crippen LogP contribution in [0.4, 0.5) is 0 Å². The van der Waals surface area contributed by atoms with Crippen LogP contribution in [0.1, 0.15) is 33.8 Å². The van der Waals surface area contributed by atoms with Crippen molar-refractivity contribution in [2.24, 2.45) is 11.8 Å². The first kappa shape index (κ1) is 29.6. The first-order chi connectivity index (χ1) is 22.4. The van der Waals surface area contributed by atoms with Crippen molar-refractivity contribution in [3.05, 3.63) is 57.3 Å². The van der Waals surface area contributed by atoms with Crippen molar-refractivity contribution in [1.29, 1.82) is 0 Å². The van der Waals surface area contributed by atoms with Gasteiger partial charge in [0.25, 0.3) is 0 Å². The number of thiophene rings is 1. The van der Waals surface area contributed by atoms with Crippen LogP contribution in [-0.2, 0) is 30.2 Å². The Labute approximate surface area is 267 Å². The van der Waals surface area contributed by atoms with Crippen LogP contribution in [-0.4, -0.2) is 86.2 Å². The van der Waals surface area contributed by atoms with Crippen LogP contribution in [0.5, 0.6) is 34.5 Å². The van der Waals surface area contributed by atoms with E-state index in [2.05, 4.69) is 0 Å². The lowest BCUT2D eigenvalue weighted by Crippen LogP contribution is -2.62. The molecule has 14 heteroatoms. The number of phenols is 1. The first-order valence-corrected chi connectivity index (χ1v) is 15.8. The molecule has 13 nitrogen and oxygen atoms in total. The minimum Gasteiger partial charge on any atom is -0.502 e. The Kier molecular flexibility index (Phi) is 7.38. The Hall–Kier alpha value is -3.79.